The quantitative estimate of drug-likeness (QED) is 0.302. The molecule has 0 saturated heterocycles. The molecule has 0 atom stereocenters. The number of thiazole rings is 1. The second-order valence-corrected chi connectivity index (χ2v) is 9.22. The Kier molecular flexibility index (Phi) is 5.93. The van der Waals surface area contributed by atoms with Gasteiger partial charge in [0.05, 0.1) is 37.8 Å². The van der Waals surface area contributed by atoms with Crippen molar-refractivity contribution in [2.24, 2.45) is 0 Å². The predicted molar refractivity (Wildman–Crippen MR) is 134 cm³/mol. The molecule has 0 amide bonds. The third kappa shape index (κ3) is 4.27. The average Bonchev–Trinajstić information content (AvgIpc) is 3.50. The Labute approximate surface area is 198 Å². The van der Waals surface area contributed by atoms with E-state index in [0.717, 1.165) is 32.2 Å². The summed E-state index contributed by atoms with van der Waals surface area (Å²) < 4.78 is 13.3. The third-order valence-electron chi connectivity index (χ3n) is 5.16. The van der Waals surface area contributed by atoms with Crippen LogP contribution in [0.4, 0.5) is 0 Å². The highest BCUT2D eigenvalue weighted by molar-refractivity contribution is 7.22. The Morgan fingerprint density at radius 3 is 2.67 bits per heavy atom. The molecule has 0 bridgehead atoms. The summed E-state index contributed by atoms with van der Waals surface area (Å²) in [5.74, 6) is 1.38. The summed E-state index contributed by atoms with van der Waals surface area (Å²) in [5, 5.41) is 2.83. The average molecular weight is 476 g/mol. The lowest BCUT2D eigenvalue weighted by Crippen LogP contribution is -2.20. The van der Waals surface area contributed by atoms with Crippen molar-refractivity contribution >= 4 is 32.9 Å². The number of methoxy groups -OCH3 is 1. The third-order valence-corrected chi connectivity index (χ3v) is 7.26. The van der Waals surface area contributed by atoms with Gasteiger partial charge < -0.3 is 9.47 Å². The van der Waals surface area contributed by atoms with E-state index in [1.165, 1.54) is 22.7 Å². The van der Waals surface area contributed by atoms with Gasteiger partial charge in [-0.05, 0) is 36.8 Å². The highest BCUT2D eigenvalue weighted by Gasteiger charge is 2.13. The fraction of sp³-hybridized carbons (Fsp3) is 0.160. The molecule has 0 aliphatic carbocycles. The SMILES string of the molecule is CCOc1ccc(-c2nc(Cn3cnc4cc(-c5ccccc5)sc4c3=O)cs2)cc1OC. The van der Waals surface area contributed by atoms with E-state index in [2.05, 4.69) is 4.98 Å². The van der Waals surface area contributed by atoms with E-state index in [1.54, 1.807) is 18.0 Å². The summed E-state index contributed by atoms with van der Waals surface area (Å²) in [4.78, 5) is 23.4. The van der Waals surface area contributed by atoms with Crippen molar-refractivity contribution in [1.82, 2.24) is 14.5 Å². The Balaban J connectivity index is 1.42. The van der Waals surface area contributed by atoms with Crippen LogP contribution >= 0.6 is 22.7 Å². The molecule has 8 heteroatoms. The van der Waals surface area contributed by atoms with Crippen molar-refractivity contribution < 1.29 is 9.47 Å². The van der Waals surface area contributed by atoms with Crippen LogP contribution in [-0.4, -0.2) is 28.3 Å². The van der Waals surface area contributed by atoms with Gasteiger partial charge in [-0.15, -0.1) is 22.7 Å². The molecule has 0 unspecified atom stereocenters. The number of aromatic nitrogens is 3. The Bertz CT molecular complexity index is 1470. The predicted octanol–water partition coefficient (Wildman–Crippen LogP) is 5.70. The van der Waals surface area contributed by atoms with Gasteiger partial charge in [-0.1, -0.05) is 30.3 Å². The molecule has 0 aliphatic rings. The van der Waals surface area contributed by atoms with Crippen LogP contribution in [0.25, 0.3) is 31.2 Å². The maximum absolute atomic E-state index is 13.1. The molecule has 0 radical (unpaired) electrons. The van der Waals surface area contributed by atoms with Crippen LogP contribution in [0.3, 0.4) is 0 Å². The van der Waals surface area contributed by atoms with Crippen molar-refractivity contribution in [3.63, 3.8) is 0 Å². The minimum Gasteiger partial charge on any atom is -0.493 e. The largest absolute Gasteiger partial charge is 0.493 e. The second-order valence-electron chi connectivity index (χ2n) is 7.31. The molecule has 2 aromatic carbocycles. The number of benzene rings is 2. The summed E-state index contributed by atoms with van der Waals surface area (Å²) in [6, 6.07) is 17.8. The fourth-order valence-electron chi connectivity index (χ4n) is 3.56. The van der Waals surface area contributed by atoms with Crippen molar-refractivity contribution in [3.05, 3.63) is 82.4 Å². The van der Waals surface area contributed by atoms with Gasteiger partial charge in [-0.2, -0.15) is 0 Å². The molecule has 0 fully saturated rings. The molecule has 0 spiro atoms. The Hall–Kier alpha value is -3.49. The first kappa shape index (κ1) is 21.4. The maximum Gasteiger partial charge on any atom is 0.271 e. The molecule has 166 valence electrons. The molecular formula is C25H21N3O3S2. The van der Waals surface area contributed by atoms with Crippen LogP contribution in [0.1, 0.15) is 12.6 Å². The molecule has 5 aromatic rings. The van der Waals surface area contributed by atoms with Crippen molar-refractivity contribution in [1.29, 1.82) is 0 Å². The van der Waals surface area contributed by atoms with Gasteiger partial charge in [-0.25, -0.2) is 9.97 Å². The molecule has 0 saturated carbocycles. The smallest absolute Gasteiger partial charge is 0.271 e. The molecule has 5 rings (SSSR count). The lowest BCUT2D eigenvalue weighted by molar-refractivity contribution is 0.311. The first-order valence-corrected chi connectivity index (χ1v) is 12.2. The molecule has 0 N–H and O–H groups in total. The first-order chi connectivity index (χ1) is 16.2. The lowest BCUT2D eigenvalue weighted by atomic mass is 10.2. The van der Waals surface area contributed by atoms with Crippen LogP contribution in [0.2, 0.25) is 0 Å². The van der Waals surface area contributed by atoms with E-state index >= 15 is 0 Å². The summed E-state index contributed by atoms with van der Waals surface area (Å²) in [7, 11) is 1.62. The van der Waals surface area contributed by atoms with Gasteiger partial charge >= 0.3 is 0 Å². The Morgan fingerprint density at radius 1 is 1.03 bits per heavy atom. The molecule has 3 heterocycles. The van der Waals surface area contributed by atoms with Gasteiger partial charge in [0, 0.05) is 15.8 Å². The van der Waals surface area contributed by atoms with Crippen molar-refractivity contribution in [2.75, 3.05) is 13.7 Å². The summed E-state index contributed by atoms with van der Waals surface area (Å²) in [6.07, 6.45) is 1.60. The van der Waals surface area contributed by atoms with Crippen LogP contribution in [0.5, 0.6) is 11.5 Å². The standard InChI is InChI=1S/C25H21N3O3S2/c1-3-31-20-10-9-17(11-21(20)30-2)24-27-18(14-32-24)13-28-15-26-19-12-22(33-23(19)25(28)29)16-7-5-4-6-8-16/h4-12,14-15H,3,13H2,1-2H3. The lowest BCUT2D eigenvalue weighted by Gasteiger charge is -2.10. The van der Waals surface area contributed by atoms with E-state index < -0.39 is 0 Å². The van der Waals surface area contributed by atoms with Crippen LogP contribution < -0.4 is 15.0 Å². The normalized spacial score (nSPS) is 11.1. The molecule has 33 heavy (non-hydrogen) atoms. The fourth-order valence-corrected chi connectivity index (χ4v) is 5.44. The number of nitrogens with zero attached hydrogens (tertiary/aromatic N) is 3. The van der Waals surface area contributed by atoms with Gasteiger partial charge in [0.25, 0.3) is 5.56 Å². The van der Waals surface area contributed by atoms with Crippen LogP contribution in [0, 0.1) is 0 Å². The molecule has 0 aliphatic heterocycles. The number of rotatable bonds is 7. The highest BCUT2D eigenvalue weighted by Crippen LogP contribution is 2.34. The highest BCUT2D eigenvalue weighted by atomic mass is 32.1. The zero-order valence-electron chi connectivity index (χ0n) is 18.1. The zero-order chi connectivity index (χ0) is 22.8. The summed E-state index contributed by atoms with van der Waals surface area (Å²) in [6.45, 7) is 2.87. The molecule has 3 aromatic heterocycles. The Morgan fingerprint density at radius 2 is 1.88 bits per heavy atom. The van der Waals surface area contributed by atoms with Crippen LogP contribution in [-0.2, 0) is 6.54 Å². The van der Waals surface area contributed by atoms with Gasteiger partial charge in [0.2, 0.25) is 0 Å². The van der Waals surface area contributed by atoms with Crippen molar-refractivity contribution in [2.45, 2.75) is 13.5 Å². The van der Waals surface area contributed by atoms with E-state index in [9.17, 15) is 4.79 Å². The number of ether oxygens (including phenoxy) is 2. The van der Waals surface area contributed by atoms with E-state index in [4.69, 9.17) is 14.5 Å². The maximum atomic E-state index is 13.1. The van der Waals surface area contributed by atoms with Crippen LogP contribution in [0.15, 0.2) is 71.1 Å². The topological polar surface area (TPSA) is 66.2 Å². The minimum absolute atomic E-state index is 0.0514. The van der Waals surface area contributed by atoms with Gasteiger partial charge in [0.1, 0.15) is 9.71 Å². The number of thiophene rings is 1. The number of hydrogen-bond donors (Lipinski definition) is 0. The minimum atomic E-state index is -0.0514. The van der Waals surface area contributed by atoms with Gasteiger partial charge in [0.15, 0.2) is 11.5 Å². The van der Waals surface area contributed by atoms with Gasteiger partial charge in [-0.3, -0.25) is 9.36 Å². The monoisotopic (exact) mass is 475 g/mol. The number of hydrogen-bond acceptors (Lipinski definition) is 7. The summed E-state index contributed by atoms with van der Waals surface area (Å²) >= 11 is 3.00. The molecule has 6 nitrogen and oxygen atoms in total. The summed E-state index contributed by atoms with van der Waals surface area (Å²) in [5.41, 5.74) is 3.51. The molecular weight excluding hydrogens is 454 g/mol. The van der Waals surface area contributed by atoms with E-state index in [1.807, 2.05) is 66.9 Å². The van der Waals surface area contributed by atoms with E-state index in [-0.39, 0.29) is 5.56 Å². The number of fused-ring (bicyclic) bond motifs is 1. The zero-order valence-corrected chi connectivity index (χ0v) is 19.8. The van der Waals surface area contributed by atoms with Crippen molar-refractivity contribution in [3.8, 4) is 32.5 Å². The first-order valence-electron chi connectivity index (χ1n) is 10.5. The van der Waals surface area contributed by atoms with E-state index in [0.29, 0.717) is 29.4 Å². The second kappa shape index (κ2) is 9.17.